The van der Waals surface area contributed by atoms with Gasteiger partial charge >= 0.3 is 12.4 Å². The van der Waals surface area contributed by atoms with E-state index in [0.717, 1.165) is 6.07 Å². The zero-order valence-corrected chi connectivity index (χ0v) is 10.5. The molecule has 0 atom stereocenters. The van der Waals surface area contributed by atoms with E-state index in [9.17, 15) is 31.1 Å². The molecule has 4 nitrogen and oxygen atoms in total. The van der Waals surface area contributed by atoms with Crippen LogP contribution in [-0.2, 0) is 4.79 Å². The molecule has 12 heteroatoms. The van der Waals surface area contributed by atoms with Gasteiger partial charge in [0, 0.05) is 6.07 Å². The van der Waals surface area contributed by atoms with Crippen molar-refractivity contribution in [3.63, 3.8) is 0 Å². The number of carbonyl (C=O) groups is 1. The van der Waals surface area contributed by atoms with Crippen LogP contribution in [0.3, 0.4) is 0 Å². The third-order valence-corrected chi connectivity index (χ3v) is 2.20. The SMILES string of the molecule is O=C(Nc1cc(Cl)nc(Cl)n1)C(C(F)(F)F)C(F)(F)F. The van der Waals surface area contributed by atoms with Crippen LogP contribution in [0.15, 0.2) is 6.07 Å². The molecular formula is C8H3Cl2F6N3O. The number of anilines is 1. The van der Waals surface area contributed by atoms with Gasteiger partial charge in [-0.05, 0) is 11.6 Å². The number of hydrogen-bond donors (Lipinski definition) is 1. The Balaban J connectivity index is 3.03. The van der Waals surface area contributed by atoms with Crippen molar-refractivity contribution in [2.24, 2.45) is 5.92 Å². The smallest absolute Gasteiger partial charge is 0.310 e. The first-order valence-corrected chi connectivity index (χ1v) is 5.31. The van der Waals surface area contributed by atoms with Crippen molar-refractivity contribution in [1.29, 1.82) is 0 Å². The molecule has 0 saturated heterocycles. The number of rotatable bonds is 2. The lowest BCUT2D eigenvalue weighted by molar-refractivity contribution is -0.272. The minimum Gasteiger partial charge on any atom is -0.310 e. The minimum atomic E-state index is -5.80. The molecule has 0 fully saturated rings. The second-order valence-electron chi connectivity index (χ2n) is 3.35. The largest absolute Gasteiger partial charge is 0.409 e. The Kier molecular flexibility index (Phi) is 4.70. The molecule has 20 heavy (non-hydrogen) atoms. The summed E-state index contributed by atoms with van der Waals surface area (Å²) in [6, 6.07) is 0.745. The van der Waals surface area contributed by atoms with Crippen LogP contribution in [0.5, 0.6) is 0 Å². The van der Waals surface area contributed by atoms with Crippen LogP contribution in [0, 0.1) is 5.92 Å². The Morgan fingerprint density at radius 3 is 2.00 bits per heavy atom. The summed E-state index contributed by atoms with van der Waals surface area (Å²) in [6.45, 7) is 0. The predicted molar refractivity (Wildman–Crippen MR) is 56.3 cm³/mol. The third-order valence-electron chi connectivity index (χ3n) is 1.84. The van der Waals surface area contributed by atoms with Crippen LogP contribution >= 0.6 is 23.2 Å². The van der Waals surface area contributed by atoms with E-state index < -0.39 is 35.3 Å². The number of nitrogens with one attached hydrogen (secondary N) is 1. The van der Waals surface area contributed by atoms with Gasteiger partial charge in [0.15, 0.2) is 0 Å². The van der Waals surface area contributed by atoms with Crippen LogP contribution in [0.4, 0.5) is 32.2 Å². The van der Waals surface area contributed by atoms with Crippen molar-refractivity contribution in [2.45, 2.75) is 12.4 Å². The van der Waals surface area contributed by atoms with E-state index in [0.29, 0.717) is 0 Å². The molecule has 1 N–H and O–H groups in total. The fourth-order valence-electron chi connectivity index (χ4n) is 1.14. The number of halogens is 8. The van der Waals surface area contributed by atoms with Gasteiger partial charge in [-0.1, -0.05) is 11.6 Å². The summed E-state index contributed by atoms with van der Waals surface area (Å²) in [5.74, 6) is -7.23. The molecule has 1 aromatic heterocycles. The van der Waals surface area contributed by atoms with E-state index in [1.807, 2.05) is 0 Å². The number of hydrogen-bond acceptors (Lipinski definition) is 3. The van der Waals surface area contributed by atoms with Crippen molar-refractivity contribution in [1.82, 2.24) is 9.97 Å². The molecule has 0 aliphatic carbocycles. The van der Waals surface area contributed by atoms with E-state index in [1.54, 1.807) is 0 Å². The van der Waals surface area contributed by atoms with Gasteiger partial charge in [-0.2, -0.15) is 26.3 Å². The van der Waals surface area contributed by atoms with E-state index in [1.165, 1.54) is 5.32 Å². The molecule has 0 saturated carbocycles. The molecule has 0 bridgehead atoms. The molecule has 0 aliphatic rings. The molecule has 1 aromatic rings. The molecule has 0 aliphatic heterocycles. The number of carbonyl (C=O) groups excluding carboxylic acids is 1. The Hall–Kier alpha value is -1.29. The zero-order valence-electron chi connectivity index (χ0n) is 8.98. The fraction of sp³-hybridized carbons (Fsp3) is 0.375. The first-order valence-electron chi connectivity index (χ1n) is 4.55. The first-order chi connectivity index (χ1) is 8.91. The number of amides is 1. The Morgan fingerprint density at radius 2 is 1.60 bits per heavy atom. The van der Waals surface area contributed by atoms with Crippen molar-refractivity contribution in [3.05, 3.63) is 16.5 Å². The Bertz CT molecular complexity index is 484. The Morgan fingerprint density at radius 1 is 1.10 bits per heavy atom. The summed E-state index contributed by atoms with van der Waals surface area (Å²) in [6.07, 6.45) is -11.6. The molecule has 1 amide bonds. The van der Waals surface area contributed by atoms with Gasteiger partial charge in [0.1, 0.15) is 11.0 Å². The second-order valence-corrected chi connectivity index (χ2v) is 4.08. The maximum absolute atomic E-state index is 12.3. The van der Waals surface area contributed by atoms with E-state index >= 15 is 0 Å². The molecule has 0 aromatic carbocycles. The highest BCUT2D eigenvalue weighted by molar-refractivity contribution is 6.32. The third kappa shape index (κ3) is 4.37. The normalized spacial score (nSPS) is 12.7. The van der Waals surface area contributed by atoms with E-state index in [-0.39, 0.29) is 5.15 Å². The molecule has 1 heterocycles. The van der Waals surface area contributed by atoms with Gasteiger partial charge < -0.3 is 5.32 Å². The summed E-state index contributed by atoms with van der Waals surface area (Å²) in [5, 5.41) is 0.420. The number of aromatic nitrogens is 2. The number of alkyl halides is 6. The van der Waals surface area contributed by atoms with Gasteiger partial charge in [0.25, 0.3) is 0 Å². The average molecular weight is 342 g/mol. The first kappa shape index (κ1) is 16.8. The maximum Gasteiger partial charge on any atom is 0.409 e. The standard InChI is InChI=1S/C8H3Cl2F6N3O/c9-2-1-3(19-6(10)17-2)18-5(20)4(7(11,12)13)8(14,15)16/h1,4H,(H,17,18,19,20). The van der Waals surface area contributed by atoms with Gasteiger partial charge in [0.05, 0.1) is 0 Å². The average Bonchev–Trinajstić information content (AvgIpc) is 2.08. The lowest BCUT2D eigenvalue weighted by Gasteiger charge is -2.21. The highest BCUT2D eigenvalue weighted by atomic mass is 35.5. The van der Waals surface area contributed by atoms with Gasteiger partial charge in [-0.25, -0.2) is 9.97 Å². The maximum atomic E-state index is 12.3. The van der Waals surface area contributed by atoms with Crippen molar-refractivity contribution >= 4 is 34.9 Å². The van der Waals surface area contributed by atoms with Crippen LogP contribution in [-0.4, -0.2) is 28.2 Å². The summed E-state index contributed by atoms with van der Waals surface area (Å²) < 4.78 is 73.6. The topological polar surface area (TPSA) is 54.9 Å². The zero-order chi connectivity index (χ0) is 15.7. The summed E-state index contributed by atoms with van der Waals surface area (Å²) >= 11 is 10.7. The monoisotopic (exact) mass is 341 g/mol. The molecular weight excluding hydrogens is 339 g/mol. The van der Waals surface area contributed by atoms with Crippen molar-refractivity contribution in [2.75, 3.05) is 5.32 Å². The summed E-state index contributed by atoms with van der Waals surface area (Å²) in [4.78, 5) is 17.7. The molecule has 0 unspecified atom stereocenters. The highest BCUT2D eigenvalue weighted by Gasteiger charge is 2.61. The van der Waals surface area contributed by atoms with Crippen LogP contribution < -0.4 is 5.32 Å². The van der Waals surface area contributed by atoms with Gasteiger partial charge in [0.2, 0.25) is 17.1 Å². The molecule has 0 radical (unpaired) electrons. The van der Waals surface area contributed by atoms with Gasteiger partial charge in [-0.3, -0.25) is 4.79 Å². The van der Waals surface area contributed by atoms with E-state index in [2.05, 4.69) is 9.97 Å². The quantitative estimate of drug-likeness (QED) is 0.509. The highest BCUT2D eigenvalue weighted by Crippen LogP contribution is 2.39. The summed E-state index contributed by atoms with van der Waals surface area (Å²) in [7, 11) is 0. The van der Waals surface area contributed by atoms with Crippen molar-refractivity contribution < 1.29 is 31.1 Å². The lowest BCUT2D eigenvalue weighted by atomic mass is 10.1. The minimum absolute atomic E-state index is 0.365. The van der Waals surface area contributed by atoms with Crippen LogP contribution in [0.1, 0.15) is 0 Å². The molecule has 1 rings (SSSR count). The summed E-state index contributed by atoms with van der Waals surface area (Å²) in [5.41, 5.74) is 0. The molecule has 112 valence electrons. The van der Waals surface area contributed by atoms with Crippen LogP contribution in [0.2, 0.25) is 10.4 Å². The Labute approximate surface area is 117 Å². The number of nitrogens with zero attached hydrogens (tertiary/aromatic N) is 2. The fourth-order valence-corrected chi connectivity index (χ4v) is 1.54. The van der Waals surface area contributed by atoms with E-state index in [4.69, 9.17) is 23.2 Å². The van der Waals surface area contributed by atoms with Gasteiger partial charge in [-0.15, -0.1) is 0 Å². The predicted octanol–water partition coefficient (Wildman–Crippen LogP) is 3.46. The van der Waals surface area contributed by atoms with Crippen molar-refractivity contribution in [3.8, 4) is 0 Å². The van der Waals surface area contributed by atoms with Crippen LogP contribution in [0.25, 0.3) is 0 Å². The molecule has 0 spiro atoms. The second kappa shape index (κ2) is 5.60. The lowest BCUT2D eigenvalue weighted by Crippen LogP contribution is -2.45.